The monoisotopic (exact) mass is 1190 g/mol. The molecule has 0 N–H and O–H groups in total. The zero-order valence-electron chi connectivity index (χ0n) is 42.0. The lowest BCUT2D eigenvalue weighted by Crippen LogP contribution is -2.73. The Morgan fingerprint density at radius 3 is 0.915 bits per heavy atom. The maximum atomic E-state index is 17.0. The maximum absolute atomic E-state index is 17.0. The molecule has 0 atom stereocenters. The van der Waals surface area contributed by atoms with Gasteiger partial charge in [0.1, 0.15) is 26.2 Å². The van der Waals surface area contributed by atoms with Gasteiger partial charge in [0, 0.05) is 44.2 Å². The zero-order chi connectivity index (χ0) is 59.1. The van der Waals surface area contributed by atoms with Crippen LogP contribution in [-0.4, -0.2) is 113 Å². The molecule has 0 aromatic heterocycles. The van der Waals surface area contributed by atoms with Gasteiger partial charge >= 0.3 is 25.3 Å². The Morgan fingerprint density at radius 1 is 0.415 bits per heavy atom. The highest BCUT2D eigenvalue weighted by Gasteiger charge is 2.74. The van der Waals surface area contributed by atoms with E-state index in [1.165, 1.54) is 0 Å². The van der Waals surface area contributed by atoms with Gasteiger partial charge in [0.2, 0.25) is 20.8 Å². The van der Waals surface area contributed by atoms with Gasteiger partial charge in [-0.25, -0.2) is 25.8 Å². The molecule has 12 rings (SSSR count). The number of allylic oxidation sites excluding steroid dienone is 4. The summed E-state index contributed by atoms with van der Waals surface area (Å²) in [6.07, 6.45) is -5.95. The number of halogens is 12. The highest BCUT2D eigenvalue weighted by Crippen LogP contribution is 2.67. The van der Waals surface area contributed by atoms with Crippen molar-refractivity contribution in [3.05, 3.63) is 191 Å². The molecular formula is C56H42F12N2O10S2. The molecule has 6 aromatic carbocycles. The number of hydrogen-bond acceptors (Lipinski definition) is 10. The van der Waals surface area contributed by atoms with Crippen LogP contribution in [0.4, 0.5) is 52.7 Å². The Hall–Kier alpha value is -6.72. The van der Waals surface area contributed by atoms with E-state index in [9.17, 15) is 26.3 Å². The minimum atomic E-state index is -5.66. The maximum Gasteiger partial charge on any atom is 0.562 e. The average Bonchev–Trinajstić information content (AvgIpc) is 1.29. The lowest BCUT2D eigenvalue weighted by molar-refractivity contribution is -1.07. The smallest absolute Gasteiger partial charge is 0.562 e. The summed E-state index contributed by atoms with van der Waals surface area (Å²) in [6.45, 7) is -1.93. The summed E-state index contributed by atoms with van der Waals surface area (Å²) in [7, 11) is -11.3. The van der Waals surface area contributed by atoms with Crippen LogP contribution in [0.5, 0.6) is 0 Å². The van der Waals surface area contributed by atoms with E-state index in [4.69, 9.17) is 35.4 Å². The van der Waals surface area contributed by atoms with Crippen LogP contribution < -0.4 is 0 Å². The van der Waals surface area contributed by atoms with Gasteiger partial charge in [-0.1, -0.05) is 158 Å². The number of quaternary nitrogens is 2. The minimum absolute atomic E-state index is 0.121. The summed E-state index contributed by atoms with van der Waals surface area (Å²) in [6, 6.07) is 34.5. The fraction of sp³-hybridized carbons (Fsp3) is 0.250. The number of alkyl halides is 12. The number of morpholine rings is 2. The lowest BCUT2D eigenvalue weighted by Gasteiger charge is -2.55. The first kappa shape index (κ1) is 58.5. The molecule has 82 heavy (non-hydrogen) atoms. The van der Waals surface area contributed by atoms with Crippen LogP contribution in [-0.2, 0) is 49.7 Å². The minimum Gasteiger partial charge on any atom is -0.725 e. The number of fused-ring (bicyclic) bond motifs is 7. The van der Waals surface area contributed by atoms with Gasteiger partial charge in [-0.3, -0.25) is 0 Å². The third-order valence-electron chi connectivity index (χ3n) is 15.6. The highest BCUT2D eigenvalue weighted by molar-refractivity contribution is 7.81. The summed E-state index contributed by atoms with van der Waals surface area (Å²) < 4.78 is 234. The molecule has 0 saturated carbocycles. The second kappa shape index (κ2) is 20.6. The van der Waals surface area contributed by atoms with Crippen molar-refractivity contribution in [1.82, 2.24) is 0 Å². The van der Waals surface area contributed by atoms with E-state index in [-0.39, 0.29) is 52.6 Å². The van der Waals surface area contributed by atoms with Crippen molar-refractivity contribution in [2.24, 2.45) is 0 Å². The van der Waals surface area contributed by atoms with Crippen molar-refractivity contribution in [2.75, 3.05) is 52.6 Å². The molecule has 6 aromatic rings. The van der Waals surface area contributed by atoms with Crippen molar-refractivity contribution in [2.45, 2.75) is 36.4 Å². The second-order valence-electron chi connectivity index (χ2n) is 19.5. The fourth-order valence-corrected chi connectivity index (χ4v) is 13.5. The number of benzene rings is 6. The van der Waals surface area contributed by atoms with Crippen molar-refractivity contribution in [1.29, 1.82) is 0 Å². The third-order valence-corrected chi connectivity index (χ3v) is 16.4. The molecule has 0 radical (unpaired) electrons. The Bertz CT molecular complexity index is 3650. The summed E-state index contributed by atoms with van der Waals surface area (Å²) in [5, 5.41) is 3.54. The normalized spacial score (nSPS) is 19.7. The molecule has 0 amide bonds. The Kier molecular flexibility index (Phi) is 14.7. The first-order chi connectivity index (χ1) is 38.4. The molecule has 2 fully saturated rings. The Labute approximate surface area is 459 Å². The molecule has 12 nitrogen and oxygen atoms in total. The number of ether oxygens (including phenoxy) is 2. The number of nitrogens with zero attached hydrogens (tertiary/aromatic N) is 2. The van der Waals surface area contributed by atoms with E-state index >= 15 is 26.3 Å². The SMILES string of the molecule is FC(F)(F)[N+]1(C2(c3c4ccccc4c(-c4ccccc4)c4c(C5([N+]6(C(F)(F)F)CCOCC6)C6=CC=C5C=C6)c5ccccc5c(-c5ccccc5)c34)C3=CC=C2C=C3)CCOCC1.O=S(=O)([O-])OC(F)(F)F.O=S(=O)([O-])OC(F)(F)F. The van der Waals surface area contributed by atoms with Crippen LogP contribution in [0.1, 0.15) is 11.1 Å². The molecule has 2 saturated heterocycles. The molecule has 2 aliphatic heterocycles. The van der Waals surface area contributed by atoms with E-state index in [1.807, 2.05) is 166 Å². The lowest BCUT2D eigenvalue weighted by atomic mass is 9.67. The molecule has 0 spiro atoms. The summed E-state index contributed by atoms with van der Waals surface area (Å²) >= 11 is 0. The molecule has 0 unspecified atom stereocenters. The van der Waals surface area contributed by atoms with E-state index in [0.717, 1.165) is 11.1 Å². The molecular weight excluding hydrogens is 1150 g/mol. The van der Waals surface area contributed by atoms with Crippen LogP contribution in [0.25, 0.3) is 54.6 Å². The van der Waals surface area contributed by atoms with Crippen molar-refractivity contribution < 1.29 is 105 Å². The second-order valence-corrected chi connectivity index (χ2v) is 21.5. The van der Waals surface area contributed by atoms with Crippen LogP contribution in [0, 0.1) is 0 Å². The topological polar surface area (TPSA) is 151 Å². The Morgan fingerprint density at radius 2 is 0.683 bits per heavy atom. The van der Waals surface area contributed by atoms with Gasteiger partial charge in [-0.15, -0.1) is 52.7 Å². The van der Waals surface area contributed by atoms with E-state index < -0.39 is 66.2 Å². The van der Waals surface area contributed by atoms with E-state index in [2.05, 4.69) is 0 Å². The van der Waals surface area contributed by atoms with Crippen LogP contribution in [0.2, 0.25) is 0 Å². The first-order valence-corrected chi connectivity index (χ1v) is 27.4. The predicted molar refractivity (Wildman–Crippen MR) is 271 cm³/mol. The molecule has 2 heterocycles. The van der Waals surface area contributed by atoms with Crippen molar-refractivity contribution in [3.63, 3.8) is 0 Å². The third kappa shape index (κ3) is 9.64. The molecule has 6 aliphatic rings. The zero-order valence-corrected chi connectivity index (χ0v) is 43.6. The van der Waals surface area contributed by atoms with Crippen LogP contribution >= 0.6 is 0 Å². The fourth-order valence-electron chi connectivity index (χ4n) is 13.0. The number of rotatable bonds is 8. The molecule has 4 aliphatic carbocycles. The summed E-state index contributed by atoms with van der Waals surface area (Å²) in [4.78, 5) is 0. The van der Waals surface area contributed by atoms with Gasteiger partial charge in [0.15, 0.2) is 11.1 Å². The number of hydrogen-bond donors (Lipinski definition) is 0. The molecule has 26 heteroatoms. The quantitative estimate of drug-likeness (QED) is 0.0360. The van der Waals surface area contributed by atoms with Gasteiger partial charge in [0.05, 0.1) is 26.4 Å². The van der Waals surface area contributed by atoms with E-state index in [1.54, 1.807) is 0 Å². The molecule has 432 valence electrons. The van der Waals surface area contributed by atoms with Crippen LogP contribution in [0.3, 0.4) is 0 Å². The van der Waals surface area contributed by atoms with Gasteiger partial charge in [-0.05, 0) is 43.8 Å². The predicted octanol–water partition coefficient (Wildman–Crippen LogP) is 12.4. The van der Waals surface area contributed by atoms with Gasteiger partial charge < -0.3 is 18.6 Å². The standard InChI is InChI=1S/C54H42F6N2O2.2CHF3O4S/c55-53(56,57)61(27-31-63-32-28-61)51(37-19-20-38(51)22-21-37)49-44-18-10-8-16-42(44)46(36-13-5-2-6-14-36)48-47(49)45(35-11-3-1-4-12-35)41-15-7-9-17-43(41)50(48)52(39-23-24-40(52)26-25-39)62(54(58,59)60)29-33-64-34-30-62;2*2-1(3,4)8-9(5,6)7/h1-26H,27-34H2;2*(H,5,6,7)/q+2;;/p-2. The highest BCUT2D eigenvalue weighted by atomic mass is 32.3. The van der Waals surface area contributed by atoms with Gasteiger partial charge in [0.25, 0.3) is 0 Å². The van der Waals surface area contributed by atoms with Crippen molar-refractivity contribution in [3.8, 4) is 22.3 Å². The van der Waals surface area contributed by atoms with E-state index in [0.29, 0.717) is 76.9 Å². The largest absolute Gasteiger partial charge is 0.725 e. The summed E-state index contributed by atoms with van der Waals surface area (Å²) in [5.74, 6) is 0. The first-order valence-electron chi connectivity index (χ1n) is 24.7. The van der Waals surface area contributed by atoms with Gasteiger partial charge in [-0.2, -0.15) is 8.37 Å². The van der Waals surface area contributed by atoms with Crippen molar-refractivity contribution >= 4 is 53.1 Å². The molecule has 4 bridgehead atoms. The average molecular weight is 1200 g/mol. The Balaban J connectivity index is 0.000000363. The van der Waals surface area contributed by atoms with Crippen LogP contribution in [0.15, 0.2) is 180 Å². The summed E-state index contributed by atoms with van der Waals surface area (Å²) in [5.41, 5.74) is 1.94.